The van der Waals surface area contributed by atoms with Crippen LogP contribution in [-0.4, -0.2) is 41.8 Å². The van der Waals surface area contributed by atoms with Crippen LogP contribution in [0, 0.1) is 0 Å². The second-order valence-electron chi connectivity index (χ2n) is 2.65. The lowest BCUT2D eigenvalue weighted by atomic mass is 10.5. The third-order valence-electron chi connectivity index (χ3n) is 1.58. The van der Waals surface area contributed by atoms with Crippen LogP contribution in [0.15, 0.2) is 12.4 Å². The van der Waals surface area contributed by atoms with Crippen LogP contribution in [0.25, 0.3) is 0 Å². The molecular formula is C8H14N3O+. The van der Waals surface area contributed by atoms with Crippen LogP contribution in [0.3, 0.4) is 0 Å². The van der Waals surface area contributed by atoms with Gasteiger partial charge in [-0.3, -0.25) is 4.68 Å². The minimum absolute atomic E-state index is 0.683. The van der Waals surface area contributed by atoms with E-state index in [0.29, 0.717) is 6.61 Å². The first-order valence-corrected chi connectivity index (χ1v) is 3.79. The number of ether oxygens (including phenoxy) is 1. The molecule has 0 saturated carbocycles. The minimum Gasteiger partial charge on any atom is -0.383 e. The zero-order valence-electron chi connectivity index (χ0n) is 7.53. The molecule has 0 unspecified atom stereocenters. The monoisotopic (exact) mass is 168 g/mol. The highest BCUT2D eigenvalue weighted by atomic mass is 16.5. The predicted octanol–water partition coefficient (Wildman–Crippen LogP) is 0.504. The van der Waals surface area contributed by atoms with E-state index < -0.39 is 0 Å². The van der Waals surface area contributed by atoms with Crippen molar-refractivity contribution in [2.75, 3.05) is 20.8 Å². The Morgan fingerprint density at radius 3 is 3.00 bits per heavy atom. The molecule has 0 spiro atoms. The Labute approximate surface area is 72.1 Å². The quantitative estimate of drug-likeness (QED) is 0.484. The van der Waals surface area contributed by atoms with Crippen molar-refractivity contribution in [2.45, 2.75) is 6.54 Å². The van der Waals surface area contributed by atoms with Crippen LogP contribution in [-0.2, 0) is 11.3 Å². The first-order chi connectivity index (χ1) is 5.74. The molecule has 0 aromatic carbocycles. The van der Waals surface area contributed by atoms with E-state index in [4.69, 9.17) is 4.74 Å². The molecule has 0 aliphatic carbocycles. The molecule has 12 heavy (non-hydrogen) atoms. The number of hydrogen-bond acceptors (Lipinski definition) is 2. The molecule has 0 radical (unpaired) electrons. The Morgan fingerprint density at radius 1 is 1.75 bits per heavy atom. The second kappa shape index (κ2) is 4.01. The van der Waals surface area contributed by atoms with Gasteiger partial charge in [-0.2, -0.15) is 5.10 Å². The summed E-state index contributed by atoms with van der Waals surface area (Å²) in [5.74, 6) is 0. The highest BCUT2D eigenvalue weighted by molar-refractivity contribution is 5.28. The molecule has 0 aliphatic rings. The van der Waals surface area contributed by atoms with Gasteiger partial charge in [-0.25, -0.2) is 4.58 Å². The van der Waals surface area contributed by atoms with E-state index in [1.807, 2.05) is 17.9 Å². The molecule has 1 aromatic rings. The van der Waals surface area contributed by atoms with Crippen molar-refractivity contribution >= 4 is 12.4 Å². The maximum Gasteiger partial charge on any atom is 0.242 e. The summed E-state index contributed by atoms with van der Waals surface area (Å²) in [5, 5.41) is 4.13. The molecule has 1 rings (SSSR count). The van der Waals surface area contributed by atoms with Gasteiger partial charge in [0.05, 0.1) is 19.3 Å². The molecule has 0 N–H and O–H groups in total. The number of aromatic nitrogens is 2. The normalized spacial score (nSPS) is 10.2. The molecule has 0 atom stereocenters. The summed E-state index contributed by atoms with van der Waals surface area (Å²) >= 11 is 0. The zero-order chi connectivity index (χ0) is 8.97. The Balaban J connectivity index is 2.58. The average molecular weight is 168 g/mol. The van der Waals surface area contributed by atoms with Crippen molar-refractivity contribution in [3.05, 3.63) is 12.4 Å². The van der Waals surface area contributed by atoms with E-state index >= 15 is 0 Å². The summed E-state index contributed by atoms with van der Waals surface area (Å²) in [5.41, 5.74) is 1.01. The van der Waals surface area contributed by atoms with Crippen LogP contribution in [0.4, 0.5) is 5.69 Å². The molecule has 4 nitrogen and oxygen atoms in total. The van der Waals surface area contributed by atoms with Crippen LogP contribution in [0.1, 0.15) is 0 Å². The standard InChI is InChI=1S/C8H14N3O/c1-10(2)8-6-9-11(7-8)4-5-12-3/h6-7H,1,4-5H2,2-3H3/q+1. The molecule has 4 heteroatoms. The zero-order valence-corrected chi connectivity index (χ0v) is 7.53. The van der Waals surface area contributed by atoms with Gasteiger partial charge in [0.1, 0.15) is 20.0 Å². The van der Waals surface area contributed by atoms with Gasteiger partial charge in [0.15, 0.2) is 0 Å². The van der Waals surface area contributed by atoms with Gasteiger partial charge < -0.3 is 4.74 Å². The summed E-state index contributed by atoms with van der Waals surface area (Å²) < 4.78 is 8.53. The summed E-state index contributed by atoms with van der Waals surface area (Å²) in [4.78, 5) is 0. The van der Waals surface area contributed by atoms with Crippen molar-refractivity contribution in [2.24, 2.45) is 0 Å². The van der Waals surface area contributed by atoms with E-state index in [9.17, 15) is 0 Å². The Morgan fingerprint density at radius 2 is 2.50 bits per heavy atom. The lowest BCUT2D eigenvalue weighted by Gasteiger charge is -1.96. The Bertz CT molecular complexity index is 267. The molecule has 0 bridgehead atoms. The van der Waals surface area contributed by atoms with Gasteiger partial charge in [0.2, 0.25) is 5.69 Å². The summed E-state index contributed by atoms with van der Waals surface area (Å²) in [6.45, 7) is 5.22. The van der Waals surface area contributed by atoms with Crippen LogP contribution in [0.5, 0.6) is 0 Å². The van der Waals surface area contributed by atoms with Gasteiger partial charge in [-0.1, -0.05) is 0 Å². The largest absolute Gasteiger partial charge is 0.383 e. The van der Waals surface area contributed by atoms with Crippen LogP contribution >= 0.6 is 0 Å². The maximum atomic E-state index is 4.93. The Hall–Kier alpha value is -1.16. The van der Waals surface area contributed by atoms with E-state index in [0.717, 1.165) is 12.2 Å². The average Bonchev–Trinajstić information content (AvgIpc) is 2.48. The molecule has 1 heterocycles. The number of methoxy groups -OCH3 is 1. The molecule has 0 aliphatic heterocycles. The fourth-order valence-corrected chi connectivity index (χ4v) is 0.857. The highest BCUT2D eigenvalue weighted by Gasteiger charge is 2.03. The van der Waals surface area contributed by atoms with E-state index in [2.05, 4.69) is 11.8 Å². The molecule has 0 fully saturated rings. The topological polar surface area (TPSA) is 30.1 Å². The first-order valence-electron chi connectivity index (χ1n) is 3.79. The van der Waals surface area contributed by atoms with Gasteiger partial charge in [0, 0.05) is 7.11 Å². The molecule has 0 amide bonds. The smallest absolute Gasteiger partial charge is 0.242 e. The molecule has 1 aromatic heterocycles. The number of hydrogen-bond donors (Lipinski definition) is 0. The highest BCUT2D eigenvalue weighted by Crippen LogP contribution is 2.05. The predicted molar refractivity (Wildman–Crippen MR) is 47.1 cm³/mol. The van der Waals surface area contributed by atoms with Crippen molar-refractivity contribution < 1.29 is 9.31 Å². The van der Waals surface area contributed by atoms with E-state index in [-0.39, 0.29) is 0 Å². The minimum atomic E-state index is 0.683. The lowest BCUT2D eigenvalue weighted by Crippen LogP contribution is -2.03. The molecule has 0 saturated heterocycles. The maximum absolute atomic E-state index is 4.93. The number of rotatable bonds is 4. The third kappa shape index (κ3) is 2.17. The SMILES string of the molecule is C=[N+](C)c1cnn(CCOC)c1. The van der Waals surface area contributed by atoms with Crippen molar-refractivity contribution in [3.8, 4) is 0 Å². The molecular weight excluding hydrogens is 154 g/mol. The van der Waals surface area contributed by atoms with Crippen molar-refractivity contribution in [3.63, 3.8) is 0 Å². The van der Waals surface area contributed by atoms with Crippen molar-refractivity contribution in [1.82, 2.24) is 9.78 Å². The fraction of sp³-hybridized carbons (Fsp3) is 0.500. The lowest BCUT2D eigenvalue weighted by molar-refractivity contribution is -0.394. The molecule has 66 valence electrons. The van der Waals surface area contributed by atoms with Crippen molar-refractivity contribution in [1.29, 1.82) is 0 Å². The van der Waals surface area contributed by atoms with Crippen LogP contribution in [0.2, 0.25) is 0 Å². The van der Waals surface area contributed by atoms with Gasteiger partial charge in [0.25, 0.3) is 0 Å². The van der Waals surface area contributed by atoms with E-state index in [1.165, 1.54) is 0 Å². The van der Waals surface area contributed by atoms with Gasteiger partial charge in [-0.05, 0) is 0 Å². The fourth-order valence-electron chi connectivity index (χ4n) is 0.857. The summed E-state index contributed by atoms with van der Waals surface area (Å²) in [7, 11) is 3.57. The summed E-state index contributed by atoms with van der Waals surface area (Å²) in [6.07, 6.45) is 3.72. The van der Waals surface area contributed by atoms with E-state index in [1.54, 1.807) is 17.9 Å². The first kappa shape index (κ1) is 8.93. The third-order valence-corrected chi connectivity index (χ3v) is 1.58. The van der Waals surface area contributed by atoms with Gasteiger partial charge in [-0.15, -0.1) is 0 Å². The van der Waals surface area contributed by atoms with Gasteiger partial charge >= 0.3 is 0 Å². The van der Waals surface area contributed by atoms with Crippen LogP contribution < -0.4 is 0 Å². The second-order valence-corrected chi connectivity index (χ2v) is 2.65. The summed E-state index contributed by atoms with van der Waals surface area (Å²) in [6, 6.07) is 0. The number of nitrogens with zero attached hydrogens (tertiary/aromatic N) is 3. The Kier molecular flexibility index (Phi) is 2.99.